The Balaban J connectivity index is 4.67. The van der Waals surface area contributed by atoms with Crippen molar-refractivity contribution in [2.45, 2.75) is 411 Å². The minimum Gasteiger partial charge on any atom is -0.463 e. The largest absolute Gasteiger partial charge is 0.472 e. The predicted molar refractivity (Wildman–Crippen MR) is 518 cm³/mol. The number of rotatable bonds is 91. The maximum Gasteiger partial charge on any atom is 0.472 e. The summed E-state index contributed by atoms with van der Waals surface area (Å²) in [5.74, 6) is -1.59. The van der Waals surface area contributed by atoms with Gasteiger partial charge >= 0.3 is 33.6 Å². The number of unbranched alkanes of at least 4 members (excludes halogenated alkanes) is 36. The second kappa shape index (κ2) is 95.5. The Bertz CT molecular complexity index is 3020. The third-order valence-electron chi connectivity index (χ3n) is 20.3. The topological polar surface area (TPSA) is 231 Å². The second-order valence-corrected chi connectivity index (χ2v) is 35.0. The molecule has 123 heavy (non-hydrogen) atoms. The van der Waals surface area contributed by atoms with E-state index in [0.29, 0.717) is 19.3 Å². The van der Waals surface area contributed by atoms with Crippen molar-refractivity contribution in [1.82, 2.24) is 0 Å². The molecule has 0 aliphatic rings. The quantitative estimate of drug-likeness (QED) is 0.0146. The first-order valence-corrected chi connectivity index (χ1v) is 51.7. The lowest BCUT2D eigenvalue weighted by Gasteiger charge is -2.21. The molecule has 0 spiro atoms. The van der Waals surface area contributed by atoms with Gasteiger partial charge in [-0.15, -0.1) is 0 Å². The van der Waals surface area contributed by atoms with Crippen LogP contribution in [0.2, 0.25) is 0 Å². The van der Waals surface area contributed by atoms with Crippen LogP contribution in [0.15, 0.2) is 194 Å². The molecule has 0 saturated carbocycles. The predicted octanol–water partition coefficient (Wildman–Crippen LogP) is 30.6. The summed E-state index contributed by atoms with van der Waals surface area (Å²) >= 11 is 0. The summed E-state index contributed by atoms with van der Waals surface area (Å²) in [6, 6.07) is 0. The van der Waals surface area contributed by atoms with Gasteiger partial charge in [0.25, 0.3) is 0 Å². The highest BCUT2D eigenvalue weighted by Crippen LogP contribution is 2.45. The maximum absolute atomic E-state index is 13.1. The fraction of sp³-hybridized carbons (Fsp3) is 0.667. The van der Waals surface area contributed by atoms with Gasteiger partial charge in [-0.2, -0.15) is 0 Å². The zero-order chi connectivity index (χ0) is 89.3. The average molecular weight is 1760 g/mol. The van der Waals surface area contributed by atoms with Gasteiger partial charge in [0, 0.05) is 19.3 Å². The molecule has 0 aromatic rings. The molecule has 0 rings (SSSR count). The molecule has 0 fully saturated rings. The summed E-state index contributed by atoms with van der Waals surface area (Å²) in [6.45, 7) is 2.45. The molecule has 0 heterocycles. The molecular weight excluding hydrogens is 1580 g/mol. The van der Waals surface area contributed by atoms with E-state index < -0.39 is 91.5 Å². The number of aliphatic hydroxyl groups excluding tert-OH is 2. The van der Waals surface area contributed by atoms with Gasteiger partial charge in [-0.05, 0) is 167 Å². The van der Waals surface area contributed by atoms with Crippen molar-refractivity contribution < 1.29 is 75.8 Å². The van der Waals surface area contributed by atoms with Crippen LogP contribution < -0.4 is 0 Å². The lowest BCUT2D eigenvalue weighted by molar-refractivity contribution is -0.161. The van der Waals surface area contributed by atoms with Crippen LogP contribution in [0.1, 0.15) is 393 Å². The molecule has 18 heteroatoms. The number of phosphoric ester groups is 2. The Hall–Kier alpha value is -5.61. The Morgan fingerprint density at radius 1 is 0.236 bits per heavy atom. The lowest BCUT2D eigenvalue weighted by atomic mass is 10.0. The number of ether oxygens (including phenoxy) is 3. The van der Waals surface area contributed by atoms with Crippen LogP contribution in [0, 0.1) is 0 Å². The summed E-state index contributed by atoms with van der Waals surface area (Å²) in [5.41, 5.74) is 0. The molecule has 0 aromatic carbocycles. The summed E-state index contributed by atoms with van der Waals surface area (Å²) in [4.78, 5) is 59.1. The van der Waals surface area contributed by atoms with E-state index in [0.717, 1.165) is 199 Å². The molecule has 5 unspecified atom stereocenters. The molecule has 0 aliphatic carbocycles. The van der Waals surface area contributed by atoms with Gasteiger partial charge < -0.3 is 34.2 Å². The van der Waals surface area contributed by atoms with E-state index in [1.165, 1.54) is 135 Å². The van der Waals surface area contributed by atoms with E-state index in [4.69, 9.17) is 32.3 Å². The third-order valence-corrected chi connectivity index (χ3v) is 22.2. The van der Waals surface area contributed by atoms with Gasteiger partial charge in [-0.3, -0.25) is 32.5 Å². The second-order valence-electron chi connectivity index (χ2n) is 32.1. The summed E-state index contributed by atoms with van der Waals surface area (Å²) < 4.78 is 61.6. The Morgan fingerprint density at radius 2 is 0.431 bits per heavy atom. The Kier molecular flexibility index (Phi) is 91.1. The summed E-state index contributed by atoms with van der Waals surface area (Å²) in [5, 5.41) is 20.8. The van der Waals surface area contributed by atoms with Crippen molar-refractivity contribution in [2.24, 2.45) is 0 Å². The van der Waals surface area contributed by atoms with Crippen LogP contribution in [0.3, 0.4) is 0 Å². The highest BCUT2D eigenvalue weighted by atomic mass is 31.2. The van der Waals surface area contributed by atoms with Crippen LogP contribution >= 0.6 is 15.6 Å². The first-order valence-electron chi connectivity index (χ1n) is 48.7. The highest BCUT2D eigenvalue weighted by Gasteiger charge is 2.30. The number of carbonyl (C=O) groups is 3. The monoisotopic (exact) mass is 1760 g/mol. The Labute approximate surface area is 750 Å². The Morgan fingerprint density at radius 3 is 0.683 bits per heavy atom. The summed E-state index contributed by atoms with van der Waals surface area (Å²) in [7, 11) is -9.83. The van der Waals surface area contributed by atoms with E-state index in [2.05, 4.69) is 215 Å². The SMILES string of the molecule is CC/C=C\C/C=C\C/C=C\C/C=C\C/C=C\C/C=C\CCCCCCCCCCCCC(=O)OCC(COP(=O)(O)OCC(O)COP(=O)(O)OCC(O)COC(=O)CCCCCCCCCCCCCCCCC/C=C\C/C=C\C/C=C\C/C=C\CCCCC)OC(=O)CCCCCCCCCC/C=C\C/C=C\C/C=C\C/C=C\C/C=C\C/C=C\CC. The highest BCUT2D eigenvalue weighted by molar-refractivity contribution is 7.47. The molecule has 16 nitrogen and oxygen atoms in total. The smallest absolute Gasteiger partial charge is 0.463 e. The van der Waals surface area contributed by atoms with Crippen LogP contribution in [0.4, 0.5) is 0 Å². The van der Waals surface area contributed by atoms with E-state index >= 15 is 0 Å². The van der Waals surface area contributed by atoms with Gasteiger partial charge in [-0.25, -0.2) is 9.13 Å². The fourth-order valence-electron chi connectivity index (χ4n) is 13.0. The first kappa shape index (κ1) is 117. The molecule has 0 aromatic heterocycles. The van der Waals surface area contributed by atoms with Crippen molar-refractivity contribution in [2.75, 3.05) is 39.6 Å². The molecule has 0 radical (unpaired) electrons. The average Bonchev–Trinajstić information content (AvgIpc) is 0.898. The van der Waals surface area contributed by atoms with E-state index in [1.807, 2.05) is 0 Å². The van der Waals surface area contributed by atoms with Crippen molar-refractivity contribution in [3.8, 4) is 0 Å². The molecule has 4 N–H and O–H groups in total. The van der Waals surface area contributed by atoms with Gasteiger partial charge in [-0.1, -0.05) is 401 Å². The number of aliphatic hydroxyl groups is 2. The zero-order valence-electron chi connectivity index (χ0n) is 77.5. The van der Waals surface area contributed by atoms with Crippen LogP contribution in [-0.2, 0) is 55.8 Å². The molecular formula is C105H176O16P2. The standard InChI is InChI=1S/C105H176O16P2/c1-4-7-10-13-16-19-22-25-28-31-34-37-40-43-46-48-49-51-54-55-58-61-64-67-70-73-76-79-82-85-88-91-103(108)115-94-100(106)95-117-122(111,112)118-96-101(107)97-119-123(113,114)120-99-102(121-105(110)93-90-87-84-81-78-75-72-69-66-63-60-57-52-45-42-39-36-33-30-27-24-21-18-15-12-9-6-3)98-116-104(109)92-89-86-83-80-77-74-71-68-65-62-59-56-53-50-47-44-41-38-35-32-29-26-23-20-17-14-11-8-5-2/h8-9,11-12,16-21,25-30,34-39,43-47,52-53,56,60,63,100-102,106-107H,4-7,10,13-15,22-24,31-33,40-42,48-51,54-55,57-59,61-62,64-99H2,1-3H3,(H,111,112)(H,113,114)/b11-8-,12-9-,19-16-,20-17-,21-18-,28-25-,29-26-,30-27-,37-34-,38-35-,39-36-,46-43-,47-44-,52-45-,56-53-,63-60-. The van der Waals surface area contributed by atoms with Crippen molar-refractivity contribution >= 4 is 33.6 Å². The van der Waals surface area contributed by atoms with Crippen molar-refractivity contribution in [3.63, 3.8) is 0 Å². The molecule has 0 aliphatic heterocycles. The molecule has 5 atom stereocenters. The lowest BCUT2D eigenvalue weighted by Crippen LogP contribution is -2.30. The third kappa shape index (κ3) is 96.9. The molecule has 0 amide bonds. The molecule has 702 valence electrons. The molecule has 0 saturated heterocycles. The van der Waals surface area contributed by atoms with Crippen molar-refractivity contribution in [1.29, 1.82) is 0 Å². The number of esters is 3. The molecule has 0 bridgehead atoms. The van der Waals surface area contributed by atoms with Crippen molar-refractivity contribution in [3.05, 3.63) is 194 Å². The number of carbonyl (C=O) groups excluding carboxylic acids is 3. The minimum atomic E-state index is -4.95. The maximum atomic E-state index is 13.1. The normalized spacial score (nSPS) is 14.6. The van der Waals surface area contributed by atoms with Gasteiger partial charge in [0.05, 0.1) is 26.4 Å². The number of hydrogen-bond acceptors (Lipinski definition) is 14. The van der Waals surface area contributed by atoms with E-state index in [1.54, 1.807) is 0 Å². The minimum absolute atomic E-state index is 0.0866. The fourth-order valence-corrected chi connectivity index (χ4v) is 14.6. The van der Waals surface area contributed by atoms with Crippen LogP contribution in [0.5, 0.6) is 0 Å². The summed E-state index contributed by atoms with van der Waals surface area (Å²) in [6.07, 6.45) is 128. The van der Waals surface area contributed by atoms with Crippen LogP contribution in [-0.4, -0.2) is 95.9 Å². The van der Waals surface area contributed by atoms with E-state index in [-0.39, 0.29) is 19.3 Å². The first-order chi connectivity index (χ1) is 60.2. The van der Waals surface area contributed by atoms with Gasteiger partial charge in [0.15, 0.2) is 6.10 Å². The van der Waals surface area contributed by atoms with Crippen LogP contribution in [0.25, 0.3) is 0 Å². The number of phosphoric acid groups is 2. The zero-order valence-corrected chi connectivity index (χ0v) is 79.3. The van der Waals surface area contributed by atoms with Gasteiger partial charge in [0.1, 0.15) is 25.4 Å². The number of hydrogen-bond donors (Lipinski definition) is 4. The van der Waals surface area contributed by atoms with Gasteiger partial charge in [0.2, 0.25) is 0 Å². The number of allylic oxidation sites excluding steroid dienone is 32. The van der Waals surface area contributed by atoms with E-state index in [9.17, 15) is 43.5 Å².